The summed E-state index contributed by atoms with van der Waals surface area (Å²) in [4.78, 5) is 22.9. The van der Waals surface area contributed by atoms with Crippen molar-refractivity contribution in [1.82, 2.24) is 10.2 Å². The summed E-state index contributed by atoms with van der Waals surface area (Å²) < 4.78 is 28.3. The van der Waals surface area contributed by atoms with Gasteiger partial charge in [-0.25, -0.2) is 8.42 Å². The Morgan fingerprint density at radius 2 is 1.86 bits per heavy atom. The molecule has 1 aromatic heterocycles. The smallest absolute Gasteiger partial charge is 0.322 e. The van der Waals surface area contributed by atoms with E-state index in [1.54, 1.807) is 19.1 Å². The SMILES string of the molecule is Cc1ccc(C(=O)Nc2nnc(Cc3ccc(S(C)(=O)=O)cc3)o2)cc1[N+](=O)[O-]. The number of nitro benzene ring substituents is 1. The lowest BCUT2D eigenvalue weighted by Gasteiger charge is -2.02. The minimum Gasteiger partial charge on any atom is -0.407 e. The van der Waals surface area contributed by atoms with Crippen molar-refractivity contribution >= 4 is 27.4 Å². The fourth-order valence-electron chi connectivity index (χ4n) is 2.52. The third kappa shape index (κ3) is 4.82. The van der Waals surface area contributed by atoms with Crippen LogP contribution in [0.3, 0.4) is 0 Å². The number of aryl methyl sites for hydroxylation is 1. The Morgan fingerprint density at radius 1 is 1.17 bits per heavy atom. The van der Waals surface area contributed by atoms with Gasteiger partial charge in [0.25, 0.3) is 11.6 Å². The van der Waals surface area contributed by atoms with Gasteiger partial charge in [-0.05, 0) is 30.7 Å². The van der Waals surface area contributed by atoms with Crippen LogP contribution in [-0.2, 0) is 16.3 Å². The zero-order valence-electron chi connectivity index (χ0n) is 15.4. The average molecular weight is 416 g/mol. The maximum absolute atomic E-state index is 12.3. The molecule has 11 heteroatoms. The number of hydrogen-bond acceptors (Lipinski definition) is 8. The Hall–Kier alpha value is -3.60. The van der Waals surface area contributed by atoms with E-state index in [1.807, 2.05) is 0 Å². The molecular formula is C18H16N4O6S. The topological polar surface area (TPSA) is 145 Å². The van der Waals surface area contributed by atoms with Gasteiger partial charge in [0.1, 0.15) is 0 Å². The number of rotatable bonds is 6. The summed E-state index contributed by atoms with van der Waals surface area (Å²) in [5.74, 6) is -0.414. The number of nitrogens with zero attached hydrogens (tertiary/aromatic N) is 3. The number of carbonyl (C=O) groups excluding carboxylic acids is 1. The molecule has 1 amide bonds. The van der Waals surface area contributed by atoms with E-state index in [-0.39, 0.29) is 34.5 Å². The van der Waals surface area contributed by atoms with Crippen LogP contribution in [0.4, 0.5) is 11.7 Å². The summed E-state index contributed by atoms with van der Waals surface area (Å²) in [6.45, 7) is 1.58. The van der Waals surface area contributed by atoms with Crippen LogP contribution in [0.1, 0.15) is 27.4 Å². The third-order valence-corrected chi connectivity index (χ3v) is 5.19. The van der Waals surface area contributed by atoms with E-state index in [9.17, 15) is 23.3 Å². The molecule has 0 saturated heterocycles. The fourth-order valence-corrected chi connectivity index (χ4v) is 3.15. The van der Waals surface area contributed by atoms with Crippen molar-refractivity contribution in [2.75, 3.05) is 11.6 Å². The third-order valence-electron chi connectivity index (χ3n) is 4.06. The van der Waals surface area contributed by atoms with Crippen molar-refractivity contribution in [2.45, 2.75) is 18.2 Å². The maximum atomic E-state index is 12.3. The van der Waals surface area contributed by atoms with E-state index in [1.165, 1.54) is 30.3 Å². The van der Waals surface area contributed by atoms with E-state index in [0.29, 0.717) is 5.56 Å². The highest BCUT2D eigenvalue weighted by atomic mass is 32.2. The Balaban J connectivity index is 1.70. The van der Waals surface area contributed by atoms with Gasteiger partial charge < -0.3 is 4.42 Å². The molecule has 0 bridgehead atoms. The largest absolute Gasteiger partial charge is 0.407 e. The molecule has 1 N–H and O–H groups in total. The molecule has 10 nitrogen and oxygen atoms in total. The number of aromatic nitrogens is 2. The van der Waals surface area contributed by atoms with Crippen LogP contribution in [0.25, 0.3) is 0 Å². The number of nitro groups is 1. The molecule has 29 heavy (non-hydrogen) atoms. The molecule has 3 rings (SSSR count). The highest BCUT2D eigenvalue weighted by molar-refractivity contribution is 7.90. The van der Waals surface area contributed by atoms with Gasteiger partial charge in [0.2, 0.25) is 5.89 Å². The molecule has 0 aliphatic rings. The summed E-state index contributed by atoms with van der Waals surface area (Å²) in [6.07, 6.45) is 1.36. The Bertz CT molecular complexity index is 1190. The molecule has 0 saturated carbocycles. The highest BCUT2D eigenvalue weighted by Crippen LogP contribution is 2.20. The van der Waals surface area contributed by atoms with Gasteiger partial charge >= 0.3 is 6.01 Å². The molecule has 0 unspecified atom stereocenters. The monoisotopic (exact) mass is 416 g/mol. The summed E-state index contributed by atoms with van der Waals surface area (Å²) in [5.41, 5.74) is 1.10. The number of amides is 1. The zero-order chi connectivity index (χ0) is 21.2. The number of benzene rings is 2. The van der Waals surface area contributed by atoms with Crippen molar-refractivity contribution in [3.05, 3.63) is 75.2 Å². The number of nitrogens with one attached hydrogen (secondary N) is 1. The van der Waals surface area contributed by atoms with Crippen LogP contribution in [0.2, 0.25) is 0 Å². The zero-order valence-corrected chi connectivity index (χ0v) is 16.3. The lowest BCUT2D eigenvalue weighted by Crippen LogP contribution is -2.12. The molecule has 0 radical (unpaired) electrons. The van der Waals surface area contributed by atoms with Crippen molar-refractivity contribution in [2.24, 2.45) is 0 Å². The fraction of sp³-hybridized carbons (Fsp3) is 0.167. The molecule has 0 fully saturated rings. The molecule has 150 valence electrons. The van der Waals surface area contributed by atoms with Gasteiger partial charge in [0, 0.05) is 23.4 Å². The van der Waals surface area contributed by atoms with Crippen LogP contribution in [0, 0.1) is 17.0 Å². The molecule has 1 heterocycles. The van der Waals surface area contributed by atoms with Crippen LogP contribution in [0.15, 0.2) is 51.8 Å². The minimum atomic E-state index is -3.28. The Kier molecular flexibility index (Phi) is 5.41. The van der Waals surface area contributed by atoms with Crippen LogP contribution >= 0.6 is 0 Å². The summed E-state index contributed by atoms with van der Waals surface area (Å²) in [7, 11) is -3.28. The van der Waals surface area contributed by atoms with Crippen molar-refractivity contribution in [3.63, 3.8) is 0 Å². The molecule has 3 aromatic rings. The maximum Gasteiger partial charge on any atom is 0.322 e. The van der Waals surface area contributed by atoms with E-state index >= 15 is 0 Å². The summed E-state index contributed by atoms with van der Waals surface area (Å²) in [6, 6.07) is 10.2. The molecule has 0 aliphatic heterocycles. The predicted octanol–water partition coefficient (Wildman–Crippen LogP) is 2.53. The predicted molar refractivity (Wildman–Crippen MR) is 102 cm³/mol. The lowest BCUT2D eigenvalue weighted by atomic mass is 10.1. The standard InChI is InChI=1S/C18H16N4O6S/c1-11-3-6-13(10-15(11)22(24)25)17(23)19-18-21-20-16(28-18)9-12-4-7-14(8-5-12)29(2,26)27/h3-8,10H,9H2,1-2H3,(H,19,21,23). The minimum absolute atomic E-state index is 0.0819. The first-order valence-electron chi connectivity index (χ1n) is 8.31. The molecule has 0 atom stereocenters. The van der Waals surface area contributed by atoms with Crippen molar-refractivity contribution in [3.8, 4) is 0 Å². The molecule has 0 aliphatic carbocycles. The van der Waals surface area contributed by atoms with Crippen molar-refractivity contribution < 1.29 is 22.6 Å². The number of anilines is 1. The first kappa shape index (κ1) is 20.1. The quantitative estimate of drug-likeness (QED) is 0.476. The molecule has 2 aromatic carbocycles. The van der Waals surface area contributed by atoms with E-state index < -0.39 is 20.7 Å². The van der Waals surface area contributed by atoms with Gasteiger partial charge in [-0.1, -0.05) is 23.3 Å². The summed E-state index contributed by atoms with van der Waals surface area (Å²) in [5, 5.41) is 21.0. The van der Waals surface area contributed by atoms with Crippen LogP contribution in [0.5, 0.6) is 0 Å². The van der Waals surface area contributed by atoms with E-state index in [0.717, 1.165) is 11.8 Å². The van der Waals surface area contributed by atoms with Gasteiger partial charge in [0.05, 0.1) is 16.2 Å². The Labute approximate surface area is 165 Å². The van der Waals surface area contributed by atoms with E-state index in [2.05, 4.69) is 15.5 Å². The second kappa shape index (κ2) is 7.80. The van der Waals surface area contributed by atoms with Gasteiger partial charge in [-0.15, -0.1) is 5.10 Å². The van der Waals surface area contributed by atoms with Gasteiger partial charge in [-0.2, -0.15) is 0 Å². The van der Waals surface area contributed by atoms with Crippen LogP contribution in [-0.4, -0.2) is 35.7 Å². The number of carbonyl (C=O) groups is 1. The molecule has 0 spiro atoms. The number of sulfone groups is 1. The number of hydrogen-bond donors (Lipinski definition) is 1. The highest BCUT2D eigenvalue weighted by Gasteiger charge is 2.17. The van der Waals surface area contributed by atoms with Gasteiger partial charge in [-0.3, -0.25) is 20.2 Å². The van der Waals surface area contributed by atoms with Crippen molar-refractivity contribution in [1.29, 1.82) is 0 Å². The first-order valence-corrected chi connectivity index (χ1v) is 10.2. The normalized spacial score (nSPS) is 11.2. The second-order valence-corrected chi connectivity index (χ2v) is 8.32. The van der Waals surface area contributed by atoms with Gasteiger partial charge in [0.15, 0.2) is 9.84 Å². The van der Waals surface area contributed by atoms with Crippen LogP contribution < -0.4 is 5.32 Å². The Morgan fingerprint density at radius 3 is 2.48 bits per heavy atom. The molecular weight excluding hydrogens is 400 g/mol. The first-order chi connectivity index (χ1) is 13.6. The average Bonchev–Trinajstić information content (AvgIpc) is 3.08. The second-order valence-electron chi connectivity index (χ2n) is 6.31. The summed E-state index contributed by atoms with van der Waals surface area (Å²) >= 11 is 0. The van der Waals surface area contributed by atoms with E-state index in [4.69, 9.17) is 4.42 Å². The lowest BCUT2D eigenvalue weighted by molar-refractivity contribution is -0.385.